The Morgan fingerprint density at radius 1 is 1.24 bits per heavy atom. The fraction of sp³-hybridized carbons (Fsp3) is 0.368. The number of nitrogens with one attached hydrogen (secondary N) is 1. The summed E-state index contributed by atoms with van der Waals surface area (Å²) in [6, 6.07) is 10.8. The second kappa shape index (κ2) is 7.11. The van der Waals surface area contributed by atoms with Crippen LogP contribution in [0.1, 0.15) is 18.4 Å². The number of hydrogen-bond acceptors (Lipinski definition) is 5. The van der Waals surface area contributed by atoms with Crippen LogP contribution in [-0.2, 0) is 6.54 Å². The molecule has 2 aromatic heterocycles. The Labute approximate surface area is 147 Å². The van der Waals surface area contributed by atoms with Gasteiger partial charge < -0.3 is 15.0 Å². The van der Waals surface area contributed by atoms with Gasteiger partial charge in [-0.3, -0.25) is 0 Å². The molecule has 0 radical (unpaired) electrons. The highest BCUT2D eigenvalue weighted by Crippen LogP contribution is 2.24. The maximum Gasteiger partial charge on any atom is 0.154 e. The normalized spacial score (nSPS) is 15.6. The molecule has 1 aliphatic rings. The summed E-state index contributed by atoms with van der Waals surface area (Å²) in [4.78, 5) is 6.84. The highest BCUT2D eigenvalue weighted by Gasteiger charge is 2.19. The lowest BCUT2D eigenvalue weighted by atomic mass is 10.0. The molecule has 0 spiro atoms. The lowest BCUT2D eigenvalue weighted by molar-refractivity contribution is 0.408. The Kier molecular flexibility index (Phi) is 4.52. The van der Waals surface area contributed by atoms with Gasteiger partial charge in [0.25, 0.3) is 0 Å². The lowest BCUT2D eigenvalue weighted by Crippen LogP contribution is -2.42. The molecule has 6 heteroatoms. The maximum absolute atomic E-state index is 5.33. The van der Waals surface area contributed by atoms with Crippen molar-refractivity contribution in [3.05, 3.63) is 54.5 Å². The molecule has 6 nitrogen and oxygen atoms in total. The Balaban J connectivity index is 1.31. The molecule has 0 bridgehead atoms. The van der Waals surface area contributed by atoms with Crippen molar-refractivity contribution < 1.29 is 4.74 Å². The second-order valence-electron chi connectivity index (χ2n) is 6.44. The van der Waals surface area contributed by atoms with E-state index in [2.05, 4.69) is 38.5 Å². The molecule has 130 valence electrons. The van der Waals surface area contributed by atoms with Crippen molar-refractivity contribution in [2.45, 2.75) is 25.4 Å². The van der Waals surface area contributed by atoms with Gasteiger partial charge in [0.2, 0.25) is 0 Å². The van der Waals surface area contributed by atoms with Gasteiger partial charge in [-0.1, -0.05) is 6.07 Å². The number of fused-ring (bicyclic) bond motifs is 1. The maximum atomic E-state index is 5.33. The van der Waals surface area contributed by atoms with E-state index in [4.69, 9.17) is 4.74 Å². The average Bonchev–Trinajstić information content (AvgIpc) is 3.14. The van der Waals surface area contributed by atoms with Crippen LogP contribution in [-0.4, -0.2) is 40.8 Å². The van der Waals surface area contributed by atoms with E-state index in [1.54, 1.807) is 13.3 Å². The minimum Gasteiger partial charge on any atom is -0.497 e. The molecule has 0 aliphatic carbocycles. The van der Waals surface area contributed by atoms with Crippen LogP contribution in [0.15, 0.2) is 48.9 Å². The fourth-order valence-corrected chi connectivity index (χ4v) is 3.35. The minimum atomic E-state index is 0.537. The topological polar surface area (TPSA) is 54.7 Å². The number of anilines is 1. The van der Waals surface area contributed by atoms with E-state index in [1.165, 1.54) is 5.69 Å². The van der Waals surface area contributed by atoms with Gasteiger partial charge >= 0.3 is 0 Å². The van der Waals surface area contributed by atoms with Crippen molar-refractivity contribution in [1.82, 2.24) is 19.9 Å². The van der Waals surface area contributed by atoms with Crippen molar-refractivity contribution in [3.63, 3.8) is 0 Å². The van der Waals surface area contributed by atoms with Crippen molar-refractivity contribution in [3.8, 4) is 5.75 Å². The molecule has 3 heterocycles. The SMILES string of the molecule is COc1cccc(N2CCC(NCc3cnc4ccnn4c3)CC2)c1. The van der Waals surface area contributed by atoms with E-state index in [0.717, 1.165) is 49.4 Å². The highest BCUT2D eigenvalue weighted by atomic mass is 16.5. The third kappa shape index (κ3) is 3.58. The van der Waals surface area contributed by atoms with E-state index in [-0.39, 0.29) is 0 Å². The van der Waals surface area contributed by atoms with Gasteiger partial charge in [-0.25, -0.2) is 9.50 Å². The zero-order valence-electron chi connectivity index (χ0n) is 14.4. The summed E-state index contributed by atoms with van der Waals surface area (Å²) in [5.74, 6) is 0.916. The van der Waals surface area contributed by atoms with E-state index < -0.39 is 0 Å². The Morgan fingerprint density at radius 3 is 2.96 bits per heavy atom. The van der Waals surface area contributed by atoms with Crippen LogP contribution >= 0.6 is 0 Å². The van der Waals surface area contributed by atoms with Gasteiger partial charge in [0.1, 0.15) is 5.75 Å². The zero-order valence-corrected chi connectivity index (χ0v) is 14.4. The third-order valence-electron chi connectivity index (χ3n) is 4.81. The summed E-state index contributed by atoms with van der Waals surface area (Å²) in [5.41, 5.74) is 3.29. The number of ether oxygens (including phenoxy) is 1. The van der Waals surface area contributed by atoms with Crippen LogP contribution in [0.5, 0.6) is 5.75 Å². The zero-order chi connectivity index (χ0) is 17.1. The molecular formula is C19H23N5O. The molecule has 1 fully saturated rings. The number of benzene rings is 1. The number of rotatable bonds is 5. The van der Waals surface area contributed by atoms with E-state index in [0.29, 0.717) is 6.04 Å². The fourth-order valence-electron chi connectivity index (χ4n) is 3.35. The highest BCUT2D eigenvalue weighted by molar-refractivity contribution is 5.51. The molecule has 4 rings (SSSR count). The molecule has 0 amide bonds. The van der Waals surface area contributed by atoms with Crippen LogP contribution < -0.4 is 15.0 Å². The molecule has 1 aromatic carbocycles. The second-order valence-corrected chi connectivity index (χ2v) is 6.44. The van der Waals surface area contributed by atoms with Gasteiger partial charge in [-0.05, 0) is 25.0 Å². The van der Waals surface area contributed by atoms with Crippen molar-refractivity contribution in [2.75, 3.05) is 25.1 Å². The summed E-state index contributed by atoms with van der Waals surface area (Å²) in [6.07, 6.45) is 8.01. The summed E-state index contributed by atoms with van der Waals surface area (Å²) < 4.78 is 7.15. The number of piperidine rings is 1. The summed E-state index contributed by atoms with van der Waals surface area (Å²) in [7, 11) is 1.71. The number of methoxy groups -OCH3 is 1. The molecule has 0 unspecified atom stereocenters. The summed E-state index contributed by atoms with van der Waals surface area (Å²) >= 11 is 0. The van der Waals surface area contributed by atoms with Crippen molar-refractivity contribution >= 4 is 11.3 Å². The van der Waals surface area contributed by atoms with E-state index in [1.807, 2.05) is 29.0 Å². The molecule has 1 N–H and O–H groups in total. The van der Waals surface area contributed by atoms with Crippen molar-refractivity contribution in [2.24, 2.45) is 0 Å². The minimum absolute atomic E-state index is 0.537. The lowest BCUT2D eigenvalue weighted by Gasteiger charge is -2.34. The molecule has 25 heavy (non-hydrogen) atoms. The molecule has 1 saturated heterocycles. The first-order valence-electron chi connectivity index (χ1n) is 8.72. The average molecular weight is 337 g/mol. The standard InChI is InChI=1S/C19H23N5O/c1-25-18-4-2-3-17(11-18)23-9-6-16(7-10-23)20-12-15-13-21-19-5-8-22-24(19)14-15/h2-5,8,11,13-14,16,20H,6-7,9-10,12H2,1H3. The smallest absolute Gasteiger partial charge is 0.154 e. The molecule has 1 aliphatic heterocycles. The van der Waals surface area contributed by atoms with Gasteiger partial charge in [0, 0.05) is 61.5 Å². The first-order chi connectivity index (χ1) is 12.3. The van der Waals surface area contributed by atoms with Crippen molar-refractivity contribution in [1.29, 1.82) is 0 Å². The van der Waals surface area contributed by atoms with Crippen LogP contribution in [0, 0.1) is 0 Å². The molecule has 3 aromatic rings. The quantitative estimate of drug-likeness (QED) is 0.775. The Hall–Kier alpha value is -2.60. The molecule has 0 atom stereocenters. The predicted octanol–water partition coefficient (Wildman–Crippen LogP) is 2.50. The van der Waals surface area contributed by atoms with Gasteiger partial charge in [0.05, 0.1) is 13.3 Å². The molecular weight excluding hydrogens is 314 g/mol. The van der Waals surface area contributed by atoms with Crippen LogP contribution in [0.3, 0.4) is 0 Å². The number of hydrogen-bond donors (Lipinski definition) is 1. The van der Waals surface area contributed by atoms with Gasteiger partial charge in [-0.2, -0.15) is 5.10 Å². The monoisotopic (exact) mass is 337 g/mol. The number of nitrogens with zero attached hydrogens (tertiary/aromatic N) is 4. The van der Waals surface area contributed by atoms with E-state index >= 15 is 0 Å². The predicted molar refractivity (Wildman–Crippen MR) is 98.1 cm³/mol. The van der Waals surface area contributed by atoms with E-state index in [9.17, 15) is 0 Å². The first kappa shape index (κ1) is 15.9. The Morgan fingerprint density at radius 2 is 2.12 bits per heavy atom. The first-order valence-corrected chi connectivity index (χ1v) is 8.72. The molecule has 0 saturated carbocycles. The summed E-state index contributed by atoms with van der Waals surface area (Å²) in [6.45, 7) is 2.94. The van der Waals surface area contributed by atoms with Crippen LogP contribution in [0.2, 0.25) is 0 Å². The largest absolute Gasteiger partial charge is 0.497 e. The van der Waals surface area contributed by atoms with Gasteiger partial charge in [-0.15, -0.1) is 0 Å². The summed E-state index contributed by atoms with van der Waals surface area (Å²) in [5, 5.41) is 7.90. The van der Waals surface area contributed by atoms with Crippen LogP contribution in [0.4, 0.5) is 5.69 Å². The van der Waals surface area contributed by atoms with Gasteiger partial charge in [0.15, 0.2) is 5.65 Å². The number of aromatic nitrogens is 3. The third-order valence-corrected chi connectivity index (χ3v) is 4.81. The van der Waals surface area contributed by atoms with Crippen LogP contribution in [0.25, 0.3) is 5.65 Å². The Bertz CT molecular complexity index is 838.